The fourth-order valence-corrected chi connectivity index (χ4v) is 3.64. The van der Waals surface area contributed by atoms with Crippen molar-refractivity contribution in [3.63, 3.8) is 0 Å². The molecule has 144 valence electrons. The molecule has 0 spiro atoms. The minimum absolute atomic E-state index is 0.0415. The molecule has 28 heavy (non-hydrogen) atoms. The number of H-pyrrole nitrogens is 1. The van der Waals surface area contributed by atoms with Crippen molar-refractivity contribution >= 4 is 5.82 Å². The smallest absolute Gasteiger partial charge is 0.268 e. The highest BCUT2D eigenvalue weighted by Gasteiger charge is 2.19. The summed E-state index contributed by atoms with van der Waals surface area (Å²) in [5, 5.41) is 18.7. The number of nitrogens with zero attached hydrogens (tertiary/aromatic N) is 2. The number of anilines is 1. The van der Waals surface area contributed by atoms with Crippen molar-refractivity contribution < 1.29 is 9.13 Å². The fraction of sp³-hybridized carbons (Fsp3) is 0.381. The van der Waals surface area contributed by atoms with Gasteiger partial charge in [-0.1, -0.05) is 31.4 Å². The van der Waals surface area contributed by atoms with Crippen molar-refractivity contribution in [1.82, 2.24) is 4.98 Å². The van der Waals surface area contributed by atoms with E-state index < -0.39 is 11.4 Å². The molecule has 3 rings (SSSR count). The fourth-order valence-electron chi connectivity index (χ4n) is 3.64. The third-order valence-corrected chi connectivity index (χ3v) is 5.15. The van der Waals surface area contributed by atoms with Gasteiger partial charge in [0.05, 0.1) is 6.61 Å². The molecule has 3 N–H and O–H groups in total. The molecule has 7 heteroatoms. The van der Waals surface area contributed by atoms with Gasteiger partial charge in [-0.3, -0.25) is 4.79 Å². The first-order chi connectivity index (χ1) is 13.5. The van der Waals surface area contributed by atoms with Crippen LogP contribution in [0.25, 0.3) is 11.1 Å². The summed E-state index contributed by atoms with van der Waals surface area (Å²) in [7, 11) is 0. The van der Waals surface area contributed by atoms with Crippen molar-refractivity contribution in [3.8, 4) is 23.3 Å². The average molecular weight is 380 g/mol. The molecule has 6 nitrogen and oxygen atoms in total. The zero-order valence-electron chi connectivity index (χ0n) is 15.4. The lowest BCUT2D eigenvalue weighted by Crippen LogP contribution is -2.16. The monoisotopic (exact) mass is 380 g/mol. The Hall–Kier alpha value is -3.16. The molecule has 1 aromatic carbocycles. The summed E-state index contributed by atoms with van der Waals surface area (Å²) in [6, 6.07) is 7.97. The van der Waals surface area contributed by atoms with E-state index in [0.29, 0.717) is 18.1 Å². The van der Waals surface area contributed by atoms with E-state index in [1.54, 1.807) is 18.2 Å². The average Bonchev–Trinajstić information content (AvgIpc) is 2.69. The molecule has 1 aliphatic carbocycles. The molecule has 1 saturated carbocycles. The number of benzene rings is 1. The van der Waals surface area contributed by atoms with Gasteiger partial charge in [-0.25, -0.2) is 4.39 Å². The van der Waals surface area contributed by atoms with Crippen LogP contribution in [0, 0.1) is 34.4 Å². The highest BCUT2D eigenvalue weighted by Crippen LogP contribution is 2.30. The summed E-state index contributed by atoms with van der Waals surface area (Å²) in [4.78, 5) is 14.3. The maximum Gasteiger partial charge on any atom is 0.268 e. The van der Waals surface area contributed by atoms with Crippen molar-refractivity contribution in [2.24, 2.45) is 5.92 Å². The molecule has 0 unspecified atom stereocenters. The number of hydrogen-bond acceptors (Lipinski definition) is 5. The molecule has 0 amide bonds. The summed E-state index contributed by atoms with van der Waals surface area (Å²) in [6.07, 6.45) is 6.02. The Balaban J connectivity index is 1.84. The van der Waals surface area contributed by atoms with Crippen LogP contribution >= 0.6 is 0 Å². The maximum absolute atomic E-state index is 14.6. The van der Waals surface area contributed by atoms with Crippen molar-refractivity contribution in [3.05, 3.63) is 51.1 Å². The highest BCUT2D eigenvalue weighted by molar-refractivity contribution is 5.80. The van der Waals surface area contributed by atoms with Gasteiger partial charge in [0.25, 0.3) is 5.56 Å². The maximum atomic E-state index is 14.6. The van der Waals surface area contributed by atoms with E-state index in [1.165, 1.54) is 25.3 Å². The van der Waals surface area contributed by atoms with Crippen LogP contribution in [0.15, 0.2) is 23.0 Å². The minimum atomic E-state index is -0.714. The normalized spacial score (nSPS) is 14.4. The molecule has 0 radical (unpaired) electrons. The number of nitrogens with one attached hydrogen (secondary N) is 1. The zero-order chi connectivity index (χ0) is 20.1. The van der Waals surface area contributed by atoms with Crippen LogP contribution in [0.1, 0.15) is 48.8 Å². The first-order valence-electron chi connectivity index (χ1n) is 9.27. The second-order valence-corrected chi connectivity index (χ2v) is 7.04. The Morgan fingerprint density at radius 2 is 1.89 bits per heavy atom. The summed E-state index contributed by atoms with van der Waals surface area (Å²) in [5.41, 5.74) is 5.33. The van der Waals surface area contributed by atoms with Crippen LogP contribution in [0.4, 0.5) is 10.2 Å². The number of pyridine rings is 1. The molecule has 1 aliphatic rings. The first kappa shape index (κ1) is 19.6. The number of nitrogens with two attached hydrogens (primary N) is 1. The predicted octanol–water partition coefficient (Wildman–Crippen LogP) is 3.60. The van der Waals surface area contributed by atoms with E-state index in [0.717, 1.165) is 12.8 Å². The van der Waals surface area contributed by atoms with Gasteiger partial charge >= 0.3 is 0 Å². The van der Waals surface area contributed by atoms with E-state index in [4.69, 9.17) is 10.5 Å². The van der Waals surface area contributed by atoms with Crippen LogP contribution in [-0.4, -0.2) is 11.6 Å². The van der Waals surface area contributed by atoms with Gasteiger partial charge < -0.3 is 15.5 Å². The molecule has 0 bridgehead atoms. The number of nitriles is 2. The van der Waals surface area contributed by atoms with Gasteiger partial charge in [-0.05, 0) is 30.4 Å². The van der Waals surface area contributed by atoms with Gasteiger partial charge in [0.2, 0.25) is 0 Å². The van der Waals surface area contributed by atoms with Crippen LogP contribution < -0.4 is 11.3 Å². The Labute approximate surface area is 162 Å². The van der Waals surface area contributed by atoms with Gasteiger partial charge in [0, 0.05) is 17.7 Å². The lowest BCUT2D eigenvalue weighted by atomic mass is 9.90. The van der Waals surface area contributed by atoms with Gasteiger partial charge in [0.15, 0.2) is 0 Å². The number of hydrogen-bond donors (Lipinski definition) is 2. The summed E-state index contributed by atoms with van der Waals surface area (Å²) < 4.78 is 20.3. The number of rotatable bonds is 5. The van der Waals surface area contributed by atoms with Crippen LogP contribution in [-0.2, 0) is 11.3 Å². The Morgan fingerprint density at radius 1 is 1.18 bits per heavy atom. The summed E-state index contributed by atoms with van der Waals surface area (Å²) in [5.74, 6) is -0.138. The van der Waals surface area contributed by atoms with E-state index in [-0.39, 0.29) is 34.7 Å². The number of aromatic nitrogens is 1. The molecule has 1 aromatic heterocycles. The summed E-state index contributed by atoms with van der Waals surface area (Å²) >= 11 is 0. The van der Waals surface area contributed by atoms with Gasteiger partial charge in [0.1, 0.15) is 34.9 Å². The van der Waals surface area contributed by atoms with Gasteiger partial charge in [-0.2, -0.15) is 10.5 Å². The quantitative estimate of drug-likeness (QED) is 0.822. The van der Waals surface area contributed by atoms with Crippen molar-refractivity contribution in [2.75, 3.05) is 12.3 Å². The number of nitrogen functional groups attached to an aromatic ring is 1. The Kier molecular flexibility index (Phi) is 6.08. The van der Waals surface area contributed by atoms with Crippen molar-refractivity contribution in [2.45, 2.75) is 38.7 Å². The molecule has 2 aromatic rings. The second-order valence-electron chi connectivity index (χ2n) is 7.04. The number of halogens is 1. The highest BCUT2D eigenvalue weighted by atomic mass is 19.1. The standard InChI is InChI=1S/C21H21FN4O2/c22-18-8-14(19-16(9-23)20(25)26-21(27)17(19)10-24)6-7-15(18)12-28-11-13-4-2-1-3-5-13/h6-8,13H,1-5,11-12H2,(H3,25,26,27). The summed E-state index contributed by atoms with van der Waals surface area (Å²) in [6.45, 7) is 0.763. The van der Waals surface area contributed by atoms with Crippen LogP contribution in [0.5, 0.6) is 0 Å². The van der Waals surface area contributed by atoms with Crippen molar-refractivity contribution in [1.29, 1.82) is 10.5 Å². The van der Waals surface area contributed by atoms with E-state index in [1.807, 2.05) is 6.07 Å². The third-order valence-electron chi connectivity index (χ3n) is 5.15. The van der Waals surface area contributed by atoms with Crippen LogP contribution in [0.3, 0.4) is 0 Å². The molecule has 0 atom stereocenters. The molecule has 1 heterocycles. The SMILES string of the molecule is N#Cc1c(N)[nH]c(=O)c(C#N)c1-c1ccc(COCC2CCCCC2)c(F)c1. The second kappa shape index (κ2) is 8.69. The van der Waals surface area contributed by atoms with Crippen LogP contribution in [0.2, 0.25) is 0 Å². The van der Waals surface area contributed by atoms with E-state index in [9.17, 15) is 19.7 Å². The Bertz CT molecular complexity index is 1010. The lowest BCUT2D eigenvalue weighted by Gasteiger charge is -2.21. The predicted molar refractivity (Wildman–Crippen MR) is 103 cm³/mol. The first-order valence-corrected chi connectivity index (χ1v) is 9.27. The zero-order valence-corrected chi connectivity index (χ0v) is 15.4. The largest absolute Gasteiger partial charge is 0.384 e. The molecular weight excluding hydrogens is 359 g/mol. The molecular formula is C21H21FN4O2. The topological polar surface area (TPSA) is 116 Å². The van der Waals surface area contributed by atoms with Gasteiger partial charge in [-0.15, -0.1) is 0 Å². The number of ether oxygens (including phenoxy) is 1. The third kappa shape index (κ3) is 4.05. The molecule has 1 fully saturated rings. The molecule has 0 aliphatic heterocycles. The minimum Gasteiger partial charge on any atom is -0.384 e. The lowest BCUT2D eigenvalue weighted by molar-refractivity contribution is 0.0723. The van der Waals surface area contributed by atoms with E-state index in [2.05, 4.69) is 4.98 Å². The van der Waals surface area contributed by atoms with E-state index >= 15 is 0 Å². The molecule has 0 saturated heterocycles. The Morgan fingerprint density at radius 3 is 2.54 bits per heavy atom. The number of aromatic amines is 1.